The largest absolute Gasteiger partial charge is 0.496 e. The summed E-state index contributed by atoms with van der Waals surface area (Å²) in [6.45, 7) is 6.76. The quantitative estimate of drug-likeness (QED) is 0.461. The fraction of sp³-hybridized carbons (Fsp3) is 0.517. The number of hydrogen-bond acceptors (Lipinski definition) is 4. The second-order valence-corrected chi connectivity index (χ2v) is 11.1. The van der Waals surface area contributed by atoms with E-state index in [0.29, 0.717) is 24.2 Å². The van der Waals surface area contributed by atoms with E-state index in [1.54, 1.807) is 19.2 Å². The molecule has 0 spiro atoms. The van der Waals surface area contributed by atoms with E-state index < -0.39 is 23.7 Å². The van der Waals surface area contributed by atoms with Crippen LogP contribution in [-0.2, 0) is 11.0 Å². The molecule has 2 aromatic rings. The summed E-state index contributed by atoms with van der Waals surface area (Å²) in [6.07, 6.45) is -3.11. The van der Waals surface area contributed by atoms with Gasteiger partial charge in [0.1, 0.15) is 5.75 Å². The molecule has 39 heavy (non-hydrogen) atoms. The summed E-state index contributed by atoms with van der Waals surface area (Å²) in [5.74, 6) is -1.11. The number of likely N-dealkylation sites (N-methyl/N-ethyl adjacent to an activating group) is 1. The number of hydrogen-bond donors (Lipinski definition) is 0. The molecule has 6 nitrogen and oxygen atoms in total. The third-order valence-corrected chi connectivity index (χ3v) is 8.33. The number of halogens is 4. The Hall–Kier alpha value is -2.78. The first kappa shape index (κ1) is 29.2. The summed E-state index contributed by atoms with van der Waals surface area (Å²) in [5, 5.41) is 0.570. The van der Waals surface area contributed by atoms with E-state index in [1.165, 1.54) is 11.0 Å². The van der Waals surface area contributed by atoms with E-state index in [4.69, 9.17) is 16.3 Å². The van der Waals surface area contributed by atoms with Crippen molar-refractivity contribution in [3.05, 3.63) is 64.2 Å². The molecule has 212 valence electrons. The highest BCUT2D eigenvalue weighted by atomic mass is 35.5. The third-order valence-electron chi connectivity index (χ3n) is 8.08. The lowest BCUT2D eigenvalue weighted by molar-refractivity contribution is -0.139. The Bertz CT molecular complexity index is 1180. The van der Waals surface area contributed by atoms with Crippen molar-refractivity contribution in [3.8, 4) is 5.75 Å². The zero-order valence-corrected chi connectivity index (χ0v) is 23.4. The number of benzene rings is 2. The molecule has 0 saturated carbocycles. The van der Waals surface area contributed by atoms with Crippen LogP contribution in [0.25, 0.3) is 0 Å². The number of piperidine rings is 1. The SMILES string of the molecule is COc1ccc(C(=O)N(C)[C@H]2CN(C(=O)C3CCN(C(C)C)CC3)C[C@@H]2c2ccc(Cl)cc2)cc1C(F)(F)F. The van der Waals surface area contributed by atoms with Crippen LogP contribution in [0.1, 0.15) is 54.1 Å². The predicted molar refractivity (Wildman–Crippen MR) is 144 cm³/mol. The van der Waals surface area contributed by atoms with Crippen LogP contribution < -0.4 is 4.74 Å². The topological polar surface area (TPSA) is 53.1 Å². The zero-order valence-electron chi connectivity index (χ0n) is 22.7. The van der Waals surface area contributed by atoms with Crippen LogP contribution in [0.4, 0.5) is 13.2 Å². The van der Waals surface area contributed by atoms with Crippen LogP contribution in [0.15, 0.2) is 42.5 Å². The van der Waals surface area contributed by atoms with Gasteiger partial charge in [-0.05, 0) is 75.7 Å². The lowest BCUT2D eigenvalue weighted by atomic mass is 9.93. The maximum absolute atomic E-state index is 13.6. The van der Waals surface area contributed by atoms with Gasteiger partial charge in [0, 0.05) is 48.6 Å². The van der Waals surface area contributed by atoms with Crippen LogP contribution in [0.2, 0.25) is 5.02 Å². The summed E-state index contributed by atoms with van der Waals surface area (Å²) in [5.41, 5.74) is -0.180. The third kappa shape index (κ3) is 6.35. The molecule has 2 aliphatic heterocycles. The van der Waals surface area contributed by atoms with Crippen molar-refractivity contribution in [2.45, 2.75) is 50.9 Å². The number of carbonyl (C=O) groups is 2. The Balaban J connectivity index is 1.58. The summed E-state index contributed by atoms with van der Waals surface area (Å²) < 4.78 is 45.7. The van der Waals surface area contributed by atoms with Crippen molar-refractivity contribution >= 4 is 23.4 Å². The van der Waals surface area contributed by atoms with Crippen LogP contribution in [0, 0.1) is 5.92 Å². The fourth-order valence-corrected chi connectivity index (χ4v) is 5.86. The zero-order chi connectivity index (χ0) is 28.5. The van der Waals surface area contributed by atoms with Gasteiger partial charge in [-0.3, -0.25) is 9.59 Å². The highest BCUT2D eigenvalue weighted by molar-refractivity contribution is 6.30. The van der Waals surface area contributed by atoms with Crippen molar-refractivity contribution in [2.24, 2.45) is 5.92 Å². The molecule has 2 fully saturated rings. The van der Waals surface area contributed by atoms with Gasteiger partial charge in [-0.2, -0.15) is 13.2 Å². The molecule has 2 atom stereocenters. The molecular weight excluding hydrogens is 531 g/mol. The first-order valence-electron chi connectivity index (χ1n) is 13.2. The van der Waals surface area contributed by atoms with Gasteiger partial charge in [-0.1, -0.05) is 23.7 Å². The van der Waals surface area contributed by atoms with Gasteiger partial charge >= 0.3 is 6.18 Å². The first-order valence-corrected chi connectivity index (χ1v) is 13.6. The number of amides is 2. The predicted octanol–water partition coefficient (Wildman–Crippen LogP) is 5.55. The molecule has 2 amide bonds. The molecule has 2 aromatic carbocycles. The fourth-order valence-electron chi connectivity index (χ4n) is 5.73. The van der Waals surface area contributed by atoms with Crippen LogP contribution >= 0.6 is 11.6 Å². The minimum Gasteiger partial charge on any atom is -0.496 e. The Morgan fingerprint density at radius 1 is 1.05 bits per heavy atom. The standard InChI is InChI=1S/C29H35ClF3N3O3/c1-18(2)35-13-11-20(12-14-35)28(38)36-16-23(19-5-8-22(30)9-6-19)25(17-36)34(3)27(37)21-7-10-26(39-4)24(15-21)29(31,32)33/h5-10,15,18,20,23,25H,11-14,16-17H2,1-4H3/t23-,25+/m1/s1. The van der Waals surface area contributed by atoms with Gasteiger partial charge in [0.25, 0.3) is 5.91 Å². The van der Waals surface area contributed by atoms with Gasteiger partial charge in [-0.25, -0.2) is 0 Å². The van der Waals surface area contributed by atoms with Gasteiger partial charge in [0.15, 0.2) is 0 Å². The van der Waals surface area contributed by atoms with E-state index in [1.807, 2.05) is 17.0 Å². The van der Waals surface area contributed by atoms with Crippen molar-refractivity contribution < 1.29 is 27.5 Å². The molecular formula is C29H35ClF3N3O3. The molecule has 2 aliphatic rings. The highest BCUT2D eigenvalue weighted by Gasteiger charge is 2.43. The average Bonchev–Trinajstić information content (AvgIpc) is 3.37. The minimum absolute atomic E-state index is 0.0736. The van der Waals surface area contributed by atoms with Crippen LogP contribution in [0.5, 0.6) is 5.75 Å². The summed E-state index contributed by atoms with van der Waals surface area (Å²) in [4.78, 5) is 32.7. The summed E-state index contributed by atoms with van der Waals surface area (Å²) in [6, 6.07) is 10.6. The van der Waals surface area contributed by atoms with Gasteiger partial charge in [0.05, 0.1) is 18.7 Å². The number of alkyl halides is 3. The second kappa shape index (κ2) is 11.8. The maximum Gasteiger partial charge on any atom is 0.419 e. The molecule has 0 bridgehead atoms. The number of methoxy groups -OCH3 is 1. The number of nitrogens with zero attached hydrogens (tertiary/aromatic N) is 3. The van der Waals surface area contributed by atoms with Crippen molar-refractivity contribution in [3.63, 3.8) is 0 Å². The van der Waals surface area contributed by atoms with Gasteiger partial charge in [-0.15, -0.1) is 0 Å². The van der Waals surface area contributed by atoms with E-state index in [9.17, 15) is 22.8 Å². The Morgan fingerprint density at radius 3 is 2.26 bits per heavy atom. The molecule has 0 aromatic heterocycles. The normalized spacial score (nSPS) is 20.9. The summed E-state index contributed by atoms with van der Waals surface area (Å²) >= 11 is 6.10. The lowest BCUT2D eigenvalue weighted by Gasteiger charge is -2.35. The molecule has 0 unspecified atom stereocenters. The van der Waals surface area contributed by atoms with Gasteiger partial charge in [0.2, 0.25) is 5.91 Å². The van der Waals surface area contributed by atoms with Crippen LogP contribution in [0.3, 0.4) is 0 Å². The molecule has 2 heterocycles. The summed E-state index contributed by atoms with van der Waals surface area (Å²) in [7, 11) is 2.74. The number of ether oxygens (including phenoxy) is 1. The number of likely N-dealkylation sites (tertiary alicyclic amines) is 2. The smallest absolute Gasteiger partial charge is 0.419 e. The van der Waals surface area contributed by atoms with E-state index in [-0.39, 0.29) is 29.1 Å². The molecule has 0 radical (unpaired) electrons. The average molecular weight is 566 g/mol. The Morgan fingerprint density at radius 2 is 1.69 bits per heavy atom. The van der Waals surface area contributed by atoms with Crippen LogP contribution in [-0.4, -0.2) is 78.9 Å². The molecule has 0 aliphatic carbocycles. The lowest BCUT2D eigenvalue weighted by Crippen LogP contribution is -2.45. The first-order chi connectivity index (χ1) is 18.4. The van der Waals surface area contributed by atoms with E-state index in [2.05, 4.69) is 18.7 Å². The Labute approximate surface area is 232 Å². The van der Waals surface area contributed by atoms with E-state index >= 15 is 0 Å². The number of rotatable bonds is 6. The van der Waals surface area contributed by atoms with Crippen molar-refractivity contribution in [1.29, 1.82) is 0 Å². The molecule has 4 rings (SSSR count). The number of carbonyl (C=O) groups excluding carboxylic acids is 2. The highest BCUT2D eigenvalue weighted by Crippen LogP contribution is 2.38. The van der Waals surface area contributed by atoms with E-state index in [0.717, 1.165) is 50.7 Å². The maximum atomic E-state index is 13.6. The molecule has 10 heteroatoms. The second-order valence-electron chi connectivity index (χ2n) is 10.7. The monoisotopic (exact) mass is 565 g/mol. The van der Waals surface area contributed by atoms with Crippen molar-refractivity contribution in [1.82, 2.24) is 14.7 Å². The minimum atomic E-state index is -4.67. The molecule has 2 saturated heterocycles. The molecule has 0 N–H and O–H groups in total. The van der Waals surface area contributed by atoms with Gasteiger partial charge < -0.3 is 19.4 Å². The Kier molecular flexibility index (Phi) is 8.81. The van der Waals surface area contributed by atoms with Crippen molar-refractivity contribution in [2.75, 3.05) is 40.3 Å².